The Morgan fingerprint density at radius 2 is 2.25 bits per heavy atom. The average Bonchev–Trinajstić information content (AvgIpc) is 2.59. The Hall–Kier alpha value is -0.770. The smallest absolute Gasteiger partial charge is 0.193 e. The zero-order valence-electron chi connectivity index (χ0n) is 11.0. The molecule has 0 spiro atoms. The van der Waals surface area contributed by atoms with Crippen molar-refractivity contribution in [1.82, 2.24) is 10.2 Å². The number of hydrogen-bond donors (Lipinski definition) is 1. The van der Waals surface area contributed by atoms with E-state index in [2.05, 4.69) is 29.1 Å². The van der Waals surface area contributed by atoms with Crippen LogP contribution in [0.4, 0.5) is 0 Å². The van der Waals surface area contributed by atoms with Gasteiger partial charge in [0.2, 0.25) is 0 Å². The molecule has 1 saturated heterocycles. The molecule has 0 saturated carbocycles. The number of guanidine groups is 1. The Morgan fingerprint density at radius 1 is 1.50 bits per heavy atom. The number of nitrogens with one attached hydrogen (secondary N) is 1. The summed E-state index contributed by atoms with van der Waals surface area (Å²) in [5, 5.41) is 3.33. The van der Waals surface area contributed by atoms with Crippen LogP contribution in [0.3, 0.4) is 0 Å². The molecule has 94 valence electrons. The molecule has 4 heteroatoms. The summed E-state index contributed by atoms with van der Waals surface area (Å²) >= 11 is 0. The van der Waals surface area contributed by atoms with Gasteiger partial charge in [-0.05, 0) is 18.8 Å². The number of hydrogen-bond acceptors (Lipinski definition) is 2. The van der Waals surface area contributed by atoms with E-state index in [1.54, 1.807) is 0 Å². The monoisotopic (exact) mass is 227 g/mol. The zero-order chi connectivity index (χ0) is 12.0. The molecule has 0 aromatic rings. The first-order valence-corrected chi connectivity index (χ1v) is 6.12. The minimum Gasteiger partial charge on any atom is -0.380 e. The highest BCUT2D eigenvalue weighted by Crippen LogP contribution is 2.28. The molecule has 0 bridgehead atoms. The van der Waals surface area contributed by atoms with Crippen molar-refractivity contribution >= 4 is 5.96 Å². The summed E-state index contributed by atoms with van der Waals surface area (Å²) in [6, 6.07) is 0. The van der Waals surface area contributed by atoms with Crippen LogP contribution < -0.4 is 5.32 Å². The van der Waals surface area contributed by atoms with Gasteiger partial charge in [0.05, 0.1) is 6.61 Å². The molecule has 16 heavy (non-hydrogen) atoms. The van der Waals surface area contributed by atoms with Gasteiger partial charge >= 0.3 is 0 Å². The van der Waals surface area contributed by atoms with Crippen LogP contribution in [0.15, 0.2) is 4.99 Å². The summed E-state index contributed by atoms with van der Waals surface area (Å²) in [7, 11) is 1.84. The molecule has 0 aromatic heterocycles. The van der Waals surface area contributed by atoms with E-state index < -0.39 is 0 Å². The Morgan fingerprint density at radius 3 is 2.75 bits per heavy atom. The van der Waals surface area contributed by atoms with Crippen molar-refractivity contribution in [3.63, 3.8) is 0 Å². The molecule has 1 aliphatic rings. The third-order valence-corrected chi connectivity index (χ3v) is 2.92. The largest absolute Gasteiger partial charge is 0.380 e. The zero-order valence-corrected chi connectivity index (χ0v) is 11.0. The highest BCUT2D eigenvalue weighted by atomic mass is 16.5. The molecular weight excluding hydrogens is 202 g/mol. The fourth-order valence-electron chi connectivity index (χ4n) is 2.00. The van der Waals surface area contributed by atoms with Crippen LogP contribution in [0.5, 0.6) is 0 Å². The number of likely N-dealkylation sites (tertiary alicyclic amines) is 1. The van der Waals surface area contributed by atoms with Crippen molar-refractivity contribution in [2.45, 2.75) is 27.2 Å². The van der Waals surface area contributed by atoms with Gasteiger partial charge in [0.25, 0.3) is 0 Å². The summed E-state index contributed by atoms with van der Waals surface area (Å²) in [5.74, 6) is 1.00. The van der Waals surface area contributed by atoms with E-state index in [0.29, 0.717) is 5.41 Å². The van der Waals surface area contributed by atoms with Gasteiger partial charge in [0.1, 0.15) is 0 Å². The van der Waals surface area contributed by atoms with E-state index in [-0.39, 0.29) is 0 Å². The van der Waals surface area contributed by atoms with E-state index in [1.807, 2.05) is 14.0 Å². The van der Waals surface area contributed by atoms with Gasteiger partial charge in [-0.3, -0.25) is 4.99 Å². The first kappa shape index (κ1) is 13.3. The summed E-state index contributed by atoms with van der Waals surface area (Å²) < 4.78 is 5.30. The number of ether oxygens (including phenoxy) is 1. The molecule has 0 aliphatic carbocycles. The van der Waals surface area contributed by atoms with Crippen LogP contribution in [-0.2, 0) is 4.74 Å². The molecule has 1 rings (SSSR count). The normalized spacial score (nSPS) is 20.2. The van der Waals surface area contributed by atoms with Crippen LogP contribution in [0, 0.1) is 5.41 Å². The predicted molar refractivity (Wildman–Crippen MR) is 67.8 cm³/mol. The Balaban J connectivity index is 2.33. The van der Waals surface area contributed by atoms with Gasteiger partial charge in [-0.15, -0.1) is 0 Å². The minimum atomic E-state index is 0.414. The highest BCUT2D eigenvalue weighted by Gasteiger charge is 2.30. The maximum Gasteiger partial charge on any atom is 0.193 e. The van der Waals surface area contributed by atoms with Crippen molar-refractivity contribution in [2.24, 2.45) is 10.4 Å². The van der Waals surface area contributed by atoms with Gasteiger partial charge in [0, 0.05) is 33.3 Å². The van der Waals surface area contributed by atoms with Crippen LogP contribution >= 0.6 is 0 Å². The van der Waals surface area contributed by atoms with Crippen LogP contribution in [0.25, 0.3) is 0 Å². The number of rotatable bonds is 4. The van der Waals surface area contributed by atoms with Crippen molar-refractivity contribution in [2.75, 3.05) is 39.9 Å². The first-order chi connectivity index (χ1) is 7.59. The Kier molecular flexibility index (Phi) is 5.06. The lowest BCUT2D eigenvalue weighted by Crippen LogP contribution is -2.41. The molecule has 0 aromatic carbocycles. The van der Waals surface area contributed by atoms with Gasteiger partial charge in [-0.2, -0.15) is 0 Å². The molecule has 4 nitrogen and oxygen atoms in total. The van der Waals surface area contributed by atoms with Crippen molar-refractivity contribution in [3.8, 4) is 0 Å². The van der Waals surface area contributed by atoms with Gasteiger partial charge in [0.15, 0.2) is 5.96 Å². The minimum absolute atomic E-state index is 0.414. The first-order valence-electron chi connectivity index (χ1n) is 6.12. The predicted octanol–water partition coefficient (Wildman–Crippen LogP) is 1.33. The van der Waals surface area contributed by atoms with Gasteiger partial charge < -0.3 is 15.0 Å². The van der Waals surface area contributed by atoms with Crippen molar-refractivity contribution in [3.05, 3.63) is 0 Å². The fourth-order valence-corrected chi connectivity index (χ4v) is 2.00. The van der Waals surface area contributed by atoms with Crippen LogP contribution in [-0.4, -0.2) is 50.8 Å². The summed E-state index contributed by atoms with van der Waals surface area (Å²) in [4.78, 5) is 6.63. The highest BCUT2D eigenvalue weighted by molar-refractivity contribution is 5.80. The number of nitrogens with zero attached hydrogens (tertiary/aromatic N) is 2. The molecule has 1 aliphatic heterocycles. The van der Waals surface area contributed by atoms with E-state index in [0.717, 1.165) is 38.8 Å². The maximum atomic E-state index is 5.30. The topological polar surface area (TPSA) is 36.9 Å². The summed E-state index contributed by atoms with van der Waals surface area (Å²) in [6.07, 6.45) is 1.24. The molecule has 1 fully saturated rings. The molecule has 0 amide bonds. The number of aliphatic imine (C=N–C) groups is 1. The Bertz CT molecular complexity index is 238. The standard InChI is InChI=1S/C12H25N3O/c1-5-16-9-7-14-11(13-4)15-8-6-12(2,3)10-15/h5-10H2,1-4H3,(H,13,14). The quantitative estimate of drug-likeness (QED) is 0.447. The fraction of sp³-hybridized carbons (Fsp3) is 0.917. The van der Waals surface area contributed by atoms with E-state index >= 15 is 0 Å². The van der Waals surface area contributed by atoms with E-state index in [4.69, 9.17) is 4.74 Å². The van der Waals surface area contributed by atoms with E-state index in [9.17, 15) is 0 Å². The van der Waals surface area contributed by atoms with Crippen LogP contribution in [0.2, 0.25) is 0 Å². The molecule has 0 radical (unpaired) electrons. The molecule has 0 atom stereocenters. The van der Waals surface area contributed by atoms with Crippen molar-refractivity contribution < 1.29 is 4.74 Å². The average molecular weight is 227 g/mol. The molecule has 1 heterocycles. The lowest BCUT2D eigenvalue weighted by atomic mass is 9.93. The SMILES string of the molecule is CCOCCNC(=NC)N1CCC(C)(C)C1. The maximum absolute atomic E-state index is 5.30. The van der Waals surface area contributed by atoms with Crippen molar-refractivity contribution in [1.29, 1.82) is 0 Å². The lowest BCUT2D eigenvalue weighted by Gasteiger charge is -2.23. The van der Waals surface area contributed by atoms with Crippen LogP contribution in [0.1, 0.15) is 27.2 Å². The molecule has 0 unspecified atom stereocenters. The van der Waals surface area contributed by atoms with Gasteiger partial charge in [-0.25, -0.2) is 0 Å². The second-order valence-corrected chi connectivity index (χ2v) is 5.01. The van der Waals surface area contributed by atoms with Gasteiger partial charge in [-0.1, -0.05) is 13.8 Å². The molecule has 1 N–H and O–H groups in total. The third kappa shape index (κ3) is 4.00. The third-order valence-electron chi connectivity index (χ3n) is 2.92. The lowest BCUT2D eigenvalue weighted by molar-refractivity contribution is 0.152. The molecular formula is C12H25N3O. The second kappa shape index (κ2) is 6.09. The Labute approximate surface area is 99.1 Å². The van der Waals surface area contributed by atoms with E-state index in [1.165, 1.54) is 6.42 Å². The summed E-state index contributed by atoms with van der Waals surface area (Å²) in [6.45, 7) is 11.2. The summed E-state index contributed by atoms with van der Waals surface area (Å²) in [5.41, 5.74) is 0.414. The second-order valence-electron chi connectivity index (χ2n) is 5.01.